The topological polar surface area (TPSA) is 73.2 Å². The first-order valence-corrected chi connectivity index (χ1v) is 9.76. The van der Waals surface area contributed by atoms with Crippen LogP contribution in [-0.4, -0.2) is 29.0 Å². The van der Waals surface area contributed by atoms with E-state index in [2.05, 4.69) is 22.1 Å². The number of thiophene rings is 1. The van der Waals surface area contributed by atoms with Gasteiger partial charge in [-0.25, -0.2) is 13.2 Å². The number of amides is 1. The maximum absolute atomic E-state index is 13.7. The number of hydrogen-bond donors (Lipinski definition) is 1. The molecule has 0 aliphatic carbocycles. The summed E-state index contributed by atoms with van der Waals surface area (Å²) in [6, 6.07) is 3.87. The van der Waals surface area contributed by atoms with E-state index in [0.29, 0.717) is 21.4 Å². The fourth-order valence-corrected chi connectivity index (χ4v) is 3.53. The molecule has 11 heteroatoms. The van der Waals surface area contributed by atoms with E-state index in [1.807, 2.05) is 0 Å². The van der Waals surface area contributed by atoms with Crippen molar-refractivity contribution >= 4 is 34.5 Å². The molecule has 1 amide bonds. The van der Waals surface area contributed by atoms with E-state index in [-0.39, 0.29) is 14.9 Å². The predicted molar refractivity (Wildman–Crippen MR) is 111 cm³/mol. The van der Waals surface area contributed by atoms with Gasteiger partial charge in [-0.1, -0.05) is 23.4 Å². The van der Waals surface area contributed by atoms with Crippen LogP contribution in [0.2, 0.25) is 4.34 Å². The Morgan fingerprint density at radius 1 is 1.32 bits per heavy atom. The molecule has 0 fully saturated rings. The highest BCUT2D eigenvalue weighted by Crippen LogP contribution is 2.28. The van der Waals surface area contributed by atoms with Gasteiger partial charge in [0.05, 0.1) is 36.0 Å². The van der Waals surface area contributed by atoms with Gasteiger partial charge in [-0.15, -0.1) is 11.3 Å². The van der Waals surface area contributed by atoms with Gasteiger partial charge in [-0.3, -0.25) is 14.6 Å². The number of nitrogens with zero attached hydrogens (tertiary/aromatic N) is 2. The molecule has 160 valence electrons. The first-order valence-electron chi connectivity index (χ1n) is 8.56. The number of nitrogens with one attached hydrogen (secondary N) is 1. The lowest BCUT2D eigenvalue weighted by Crippen LogP contribution is -2.26. The largest absolute Gasteiger partial charge is 0.495 e. The Kier molecular flexibility index (Phi) is 6.99. The zero-order valence-corrected chi connectivity index (χ0v) is 17.4. The second-order valence-electron chi connectivity index (χ2n) is 6.04. The highest BCUT2D eigenvalue weighted by molar-refractivity contribution is 7.18. The zero-order valence-electron chi connectivity index (χ0n) is 15.8. The lowest BCUT2D eigenvalue weighted by molar-refractivity contribution is 0.103. The summed E-state index contributed by atoms with van der Waals surface area (Å²) < 4.78 is 44.7. The molecule has 0 spiro atoms. The molecule has 3 heterocycles. The Morgan fingerprint density at radius 3 is 2.81 bits per heavy atom. The van der Waals surface area contributed by atoms with E-state index >= 15 is 0 Å². The molecular weight excluding hydrogens is 455 g/mol. The van der Waals surface area contributed by atoms with Crippen molar-refractivity contribution in [1.82, 2.24) is 9.55 Å². The minimum Gasteiger partial charge on any atom is -0.495 e. The molecule has 0 bridgehead atoms. The number of halogens is 4. The maximum Gasteiger partial charge on any atom is 0.286 e. The van der Waals surface area contributed by atoms with Gasteiger partial charge < -0.3 is 14.6 Å². The zero-order chi connectivity index (χ0) is 22.5. The van der Waals surface area contributed by atoms with Crippen LogP contribution in [-0.2, 0) is 6.54 Å². The van der Waals surface area contributed by atoms with Gasteiger partial charge in [0.2, 0.25) is 0 Å². The summed E-state index contributed by atoms with van der Waals surface area (Å²) in [7, 11) is 1.50. The normalized spacial score (nSPS) is 10.5. The monoisotopic (exact) mass is 467 g/mol. The summed E-state index contributed by atoms with van der Waals surface area (Å²) in [4.78, 5) is 28.2. The van der Waals surface area contributed by atoms with Crippen molar-refractivity contribution in [3.63, 3.8) is 0 Å². The summed E-state index contributed by atoms with van der Waals surface area (Å²) in [5, 5.41) is 2.36. The van der Waals surface area contributed by atoms with Crippen molar-refractivity contribution in [2.45, 2.75) is 13.0 Å². The van der Waals surface area contributed by atoms with Gasteiger partial charge in [0, 0.05) is 24.0 Å². The fraction of sp³-hybridized carbons (Fsp3) is 0.150. The molecule has 3 rings (SSSR count). The van der Waals surface area contributed by atoms with Crippen LogP contribution in [0.1, 0.15) is 20.8 Å². The molecule has 0 aliphatic rings. The summed E-state index contributed by atoms with van der Waals surface area (Å²) in [5.41, 5.74) is -0.401. The summed E-state index contributed by atoms with van der Waals surface area (Å²) in [6.45, 7) is -0.997. The lowest BCUT2D eigenvalue weighted by Gasteiger charge is -2.09. The Balaban J connectivity index is 1.81. The van der Waals surface area contributed by atoms with Crippen molar-refractivity contribution in [1.29, 1.82) is 0 Å². The van der Waals surface area contributed by atoms with E-state index in [1.54, 1.807) is 6.07 Å². The number of hydrogen-bond acceptors (Lipinski definition) is 5. The number of pyridine rings is 2. The van der Waals surface area contributed by atoms with Crippen molar-refractivity contribution in [3.05, 3.63) is 73.3 Å². The number of alkyl halides is 2. The molecule has 0 radical (unpaired) electrons. The Labute approximate surface area is 183 Å². The molecule has 3 aromatic heterocycles. The van der Waals surface area contributed by atoms with Crippen LogP contribution in [0, 0.1) is 17.7 Å². The van der Waals surface area contributed by atoms with Crippen LogP contribution in [0.25, 0.3) is 0 Å². The first-order chi connectivity index (χ1) is 14.8. The average Bonchev–Trinajstić information content (AvgIpc) is 3.10. The number of aromatic nitrogens is 2. The molecule has 0 saturated heterocycles. The molecule has 31 heavy (non-hydrogen) atoms. The average molecular weight is 468 g/mol. The van der Waals surface area contributed by atoms with Gasteiger partial charge in [0.1, 0.15) is 10.1 Å². The van der Waals surface area contributed by atoms with Crippen molar-refractivity contribution in [2.75, 3.05) is 12.4 Å². The third-order valence-electron chi connectivity index (χ3n) is 3.84. The summed E-state index contributed by atoms with van der Waals surface area (Å²) >= 11 is 7.09. The standard InChI is InChI=1S/C20H13ClF3N3O3S/c1-30-14-4-11(7-25-8-14)2-3-12-5-16(31-18(12)21)19(28)26-13-6-15(22)20(29)27(9-13)10-17(23)24/h4-9,17H,10H2,1H3,(H,26,28). The van der Waals surface area contributed by atoms with E-state index < -0.39 is 30.3 Å². The maximum atomic E-state index is 13.7. The number of methoxy groups -OCH3 is 1. The van der Waals surface area contributed by atoms with Crippen molar-refractivity contribution in [3.8, 4) is 17.6 Å². The lowest BCUT2D eigenvalue weighted by atomic mass is 10.2. The third kappa shape index (κ3) is 5.65. The molecule has 3 aromatic rings. The van der Waals surface area contributed by atoms with Crippen LogP contribution in [0.5, 0.6) is 5.75 Å². The van der Waals surface area contributed by atoms with Gasteiger partial charge in [0.15, 0.2) is 5.82 Å². The highest BCUT2D eigenvalue weighted by atomic mass is 35.5. The quantitative estimate of drug-likeness (QED) is 0.575. The van der Waals surface area contributed by atoms with Gasteiger partial charge in [-0.05, 0) is 12.1 Å². The minimum atomic E-state index is -2.86. The Morgan fingerprint density at radius 2 is 2.10 bits per heavy atom. The summed E-state index contributed by atoms with van der Waals surface area (Å²) in [6.07, 6.45) is 1.14. The summed E-state index contributed by atoms with van der Waals surface area (Å²) in [5.74, 6) is 4.29. The van der Waals surface area contributed by atoms with Crippen LogP contribution in [0.4, 0.5) is 18.9 Å². The van der Waals surface area contributed by atoms with E-state index in [4.69, 9.17) is 16.3 Å². The Hall–Kier alpha value is -3.29. The molecule has 0 aromatic carbocycles. The van der Waals surface area contributed by atoms with E-state index in [0.717, 1.165) is 23.6 Å². The molecule has 0 atom stereocenters. The number of carbonyl (C=O) groups excluding carboxylic acids is 1. The molecule has 0 saturated carbocycles. The minimum absolute atomic E-state index is 0.151. The van der Waals surface area contributed by atoms with Crippen molar-refractivity contribution in [2.24, 2.45) is 0 Å². The molecule has 6 nitrogen and oxygen atoms in total. The first kappa shape index (κ1) is 22.4. The van der Waals surface area contributed by atoms with Crippen LogP contribution in [0.3, 0.4) is 0 Å². The smallest absolute Gasteiger partial charge is 0.286 e. The van der Waals surface area contributed by atoms with Gasteiger partial charge in [-0.2, -0.15) is 0 Å². The molecular formula is C20H13ClF3N3O3S. The molecule has 0 aliphatic heterocycles. The van der Waals surface area contributed by atoms with Crippen LogP contribution >= 0.6 is 22.9 Å². The number of ether oxygens (including phenoxy) is 1. The predicted octanol–water partition coefficient (Wildman–Crippen LogP) is 4.02. The SMILES string of the molecule is COc1cncc(C#Cc2cc(C(=O)Nc3cc(F)c(=O)n(CC(F)F)c3)sc2Cl)c1. The number of rotatable bonds is 5. The van der Waals surface area contributed by atoms with Crippen LogP contribution in [0.15, 0.2) is 41.6 Å². The molecule has 1 N–H and O–H groups in total. The van der Waals surface area contributed by atoms with Crippen molar-refractivity contribution < 1.29 is 22.7 Å². The highest BCUT2D eigenvalue weighted by Gasteiger charge is 2.16. The second kappa shape index (κ2) is 9.68. The Bertz CT molecular complexity index is 1250. The van der Waals surface area contributed by atoms with Crippen LogP contribution < -0.4 is 15.6 Å². The second-order valence-corrected chi connectivity index (χ2v) is 7.70. The number of anilines is 1. The number of carbonyl (C=O) groups is 1. The van der Waals surface area contributed by atoms with E-state index in [1.165, 1.54) is 25.6 Å². The van der Waals surface area contributed by atoms with Gasteiger partial charge >= 0.3 is 0 Å². The molecule has 0 unspecified atom stereocenters. The van der Waals surface area contributed by atoms with Gasteiger partial charge in [0.25, 0.3) is 17.9 Å². The fourth-order valence-electron chi connectivity index (χ4n) is 2.45. The van der Waals surface area contributed by atoms with E-state index in [9.17, 15) is 22.8 Å². The third-order valence-corrected chi connectivity index (χ3v) is 5.19.